The minimum atomic E-state index is -0.175. The maximum atomic E-state index is 12.1. The minimum Gasteiger partial charge on any atom is -0.351 e. The largest absolute Gasteiger partial charge is 0.351 e. The highest BCUT2D eigenvalue weighted by atomic mass is 16.1. The Morgan fingerprint density at radius 2 is 2.29 bits per heavy atom. The number of hydrogen-bond donors (Lipinski definition) is 2. The number of pyridine rings is 1. The fourth-order valence-corrected chi connectivity index (χ4v) is 2.09. The number of carbonyl (C=O) groups excluding carboxylic acids is 1. The van der Waals surface area contributed by atoms with E-state index in [2.05, 4.69) is 30.9 Å². The summed E-state index contributed by atoms with van der Waals surface area (Å²) in [4.78, 5) is 16.4. The normalized spacial score (nSPS) is 10.9. The Bertz CT molecular complexity index is 747. The second kappa shape index (κ2) is 5.70. The molecule has 0 saturated heterocycles. The Balaban J connectivity index is 1.57. The Kier molecular flexibility index (Phi) is 3.59. The molecule has 3 heterocycles. The number of nitrogens with one attached hydrogen (secondary N) is 2. The van der Waals surface area contributed by atoms with Crippen molar-refractivity contribution in [3.63, 3.8) is 0 Å². The van der Waals surface area contributed by atoms with Crippen molar-refractivity contribution < 1.29 is 4.79 Å². The van der Waals surface area contributed by atoms with Gasteiger partial charge >= 0.3 is 0 Å². The van der Waals surface area contributed by atoms with Crippen LogP contribution in [0.3, 0.4) is 0 Å². The molecule has 0 aliphatic rings. The highest BCUT2D eigenvalue weighted by Gasteiger charge is 2.09. The van der Waals surface area contributed by atoms with Crippen LogP contribution in [0.4, 0.5) is 0 Å². The van der Waals surface area contributed by atoms with Gasteiger partial charge < -0.3 is 9.88 Å². The van der Waals surface area contributed by atoms with E-state index in [1.807, 2.05) is 29.9 Å². The number of carbonyl (C=O) groups is 1. The van der Waals surface area contributed by atoms with Crippen LogP contribution in [0.2, 0.25) is 0 Å². The number of nitrogens with zero attached hydrogens (tertiary/aromatic N) is 5. The quantitative estimate of drug-likeness (QED) is 0.663. The SMILES string of the molecule is Cn1ccc2ccc(C(=O)NCCCc3nn[nH]n3)nc21. The smallest absolute Gasteiger partial charge is 0.269 e. The molecule has 1 amide bonds. The summed E-state index contributed by atoms with van der Waals surface area (Å²) in [5.41, 5.74) is 1.22. The van der Waals surface area contributed by atoms with Gasteiger partial charge in [0.25, 0.3) is 5.91 Å². The number of fused-ring (bicyclic) bond motifs is 1. The summed E-state index contributed by atoms with van der Waals surface area (Å²) in [6, 6.07) is 5.60. The Labute approximate surface area is 120 Å². The first-order chi connectivity index (χ1) is 10.2. The lowest BCUT2D eigenvalue weighted by Crippen LogP contribution is -2.25. The number of hydrogen-bond acceptors (Lipinski definition) is 5. The van der Waals surface area contributed by atoms with Gasteiger partial charge in [-0.15, -0.1) is 10.2 Å². The van der Waals surface area contributed by atoms with Crippen LogP contribution >= 0.6 is 0 Å². The van der Waals surface area contributed by atoms with Gasteiger partial charge in [0.1, 0.15) is 11.3 Å². The van der Waals surface area contributed by atoms with Crippen molar-refractivity contribution in [2.24, 2.45) is 7.05 Å². The predicted molar refractivity (Wildman–Crippen MR) is 75.5 cm³/mol. The summed E-state index contributed by atoms with van der Waals surface area (Å²) in [6.45, 7) is 0.542. The lowest BCUT2D eigenvalue weighted by Gasteiger charge is -2.04. The van der Waals surface area contributed by atoms with Crippen LogP contribution < -0.4 is 5.32 Å². The molecule has 3 aromatic heterocycles. The molecule has 108 valence electrons. The molecule has 3 rings (SSSR count). The molecule has 0 atom stereocenters. The first kappa shape index (κ1) is 13.2. The molecule has 8 nitrogen and oxygen atoms in total. The summed E-state index contributed by atoms with van der Waals surface area (Å²) >= 11 is 0. The fraction of sp³-hybridized carbons (Fsp3) is 0.308. The van der Waals surface area contributed by atoms with Crippen molar-refractivity contribution in [1.82, 2.24) is 35.5 Å². The number of aryl methyl sites for hydroxylation is 2. The van der Waals surface area contributed by atoms with Gasteiger partial charge in [0.05, 0.1) is 0 Å². The summed E-state index contributed by atoms with van der Waals surface area (Å²) in [7, 11) is 1.90. The van der Waals surface area contributed by atoms with Crippen molar-refractivity contribution in [3.05, 3.63) is 35.9 Å². The van der Waals surface area contributed by atoms with Gasteiger partial charge in [-0.3, -0.25) is 4.79 Å². The van der Waals surface area contributed by atoms with Gasteiger partial charge in [0.15, 0.2) is 5.82 Å². The first-order valence-electron chi connectivity index (χ1n) is 6.66. The monoisotopic (exact) mass is 285 g/mol. The van der Waals surface area contributed by atoms with Crippen molar-refractivity contribution in [2.75, 3.05) is 6.54 Å². The summed E-state index contributed by atoms with van der Waals surface area (Å²) in [6.07, 6.45) is 3.34. The van der Waals surface area contributed by atoms with E-state index in [0.717, 1.165) is 17.5 Å². The third-order valence-corrected chi connectivity index (χ3v) is 3.20. The molecule has 0 aliphatic carbocycles. The Morgan fingerprint density at radius 1 is 1.38 bits per heavy atom. The first-order valence-corrected chi connectivity index (χ1v) is 6.66. The van der Waals surface area contributed by atoms with Gasteiger partial charge in [0.2, 0.25) is 0 Å². The standard InChI is InChI=1S/C13H15N7O/c1-20-8-6-9-4-5-10(15-12(9)20)13(21)14-7-2-3-11-16-18-19-17-11/h4-6,8H,2-3,7H2,1H3,(H,14,21)(H,16,17,18,19). The number of rotatable bonds is 5. The molecule has 8 heteroatoms. The van der Waals surface area contributed by atoms with E-state index in [9.17, 15) is 4.79 Å². The zero-order valence-electron chi connectivity index (χ0n) is 11.6. The number of H-pyrrole nitrogens is 1. The van der Waals surface area contributed by atoms with E-state index in [1.54, 1.807) is 6.07 Å². The minimum absolute atomic E-state index is 0.175. The molecule has 0 aliphatic heterocycles. The zero-order chi connectivity index (χ0) is 14.7. The molecule has 0 saturated carbocycles. The van der Waals surface area contributed by atoms with Crippen LogP contribution in [-0.4, -0.2) is 42.6 Å². The van der Waals surface area contributed by atoms with Crippen molar-refractivity contribution in [3.8, 4) is 0 Å². The molecule has 0 aromatic carbocycles. The molecule has 0 fully saturated rings. The molecule has 0 spiro atoms. The highest BCUT2D eigenvalue weighted by molar-refractivity contribution is 5.94. The number of amides is 1. The van der Waals surface area contributed by atoms with Gasteiger partial charge in [-0.1, -0.05) is 5.21 Å². The molecular formula is C13H15N7O. The van der Waals surface area contributed by atoms with Crippen LogP contribution in [0.15, 0.2) is 24.4 Å². The van der Waals surface area contributed by atoms with Gasteiger partial charge in [0, 0.05) is 31.6 Å². The molecular weight excluding hydrogens is 270 g/mol. The topological polar surface area (TPSA) is 101 Å². The summed E-state index contributed by atoms with van der Waals surface area (Å²) < 4.78 is 1.89. The van der Waals surface area contributed by atoms with Crippen LogP contribution in [0, 0.1) is 0 Å². The van der Waals surface area contributed by atoms with Crippen molar-refractivity contribution in [1.29, 1.82) is 0 Å². The lowest BCUT2D eigenvalue weighted by molar-refractivity contribution is 0.0948. The van der Waals surface area contributed by atoms with E-state index in [1.165, 1.54) is 0 Å². The third-order valence-electron chi connectivity index (χ3n) is 3.20. The van der Waals surface area contributed by atoms with E-state index in [0.29, 0.717) is 24.5 Å². The Hall–Kier alpha value is -2.77. The lowest BCUT2D eigenvalue weighted by atomic mass is 10.2. The van der Waals surface area contributed by atoms with Crippen LogP contribution in [-0.2, 0) is 13.5 Å². The molecule has 2 N–H and O–H groups in total. The van der Waals surface area contributed by atoms with Gasteiger partial charge in [-0.05, 0) is 24.6 Å². The van der Waals surface area contributed by atoms with Crippen LogP contribution in [0.25, 0.3) is 11.0 Å². The zero-order valence-corrected chi connectivity index (χ0v) is 11.6. The van der Waals surface area contributed by atoms with E-state index >= 15 is 0 Å². The van der Waals surface area contributed by atoms with Crippen molar-refractivity contribution >= 4 is 16.9 Å². The highest BCUT2D eigenvalue weighted by Crippen LogP contribution is 2.12. The summed E-state index contributed by atoms with van der Waals surface area (Å²) in [5, 5.41) is 17.4. The van der Waals surface area contributed by atoms with Gasteiger partial charge in [-0.25, -0.2) is 4.98 Å². The number of aromatic nitrogens is 6. The molecule has 0 bridgehead atoms. The second-order valence-electron chi connectivity index (χ2n) is 4.72. The fourth-order valence-electron chi connectivity index (χ4n) is 2.09. The van der Waals surface area contributed by atoms with Gasteiger partial charge in [-0.2, -0.15) is 5.21 Å². The van der Waals surface area contributed by atoms with E-state index in [4.69, 9.17) is 0 Å². The maximum Gasteiger partial charge on any atom is 0.269 e. The van der Waals surface area contributed by atoms with Crippen LogP contribution in [0.5, 0.6) is 0 Å². The average molecular weight is 285 g/mol. The molecule has 21 heavy (non-hydrogen) atoms. The Morgan fingerprint density at radius 3 is 3.10 bits per heavy atom. The van der Waals surface area contributed by atoms with Crippen LogP contribution in [0.1, 0.15) is 22.7 Å². The average Bonchev–Trinajstić information content (AvgIpc) is 3.13. The number of aromatic amines is 1. The second-order valence-corrected chi connectivity index (χ2v) is 4.72. The molecule has 3 aromatic rings. The predicted octanol–water partition coefficient (Wildman–Crippen LogP) is 0.449. The molecule has 0 radical (unpaired) electrons. The summed E-state index contributed by atoms with van der Waals surface area (Å²) in [5.74, 6) is 0.471. The number of tetrazole rings is 1. The third kappa shape index (κ3) is 2.88. The maximum absolute atomic E-state index is 12.1. The van der Waals surface area contributed by atoms with E-state index < -0.39 is 0 Å². The molecule has 0 unspecified atom stereocenters. The van der Waals surface area contributed by atoms with Crippen molar-refractivity contribution in [2.45, 2.75) is 12.8 Å². The van der Waals surface area contributed by atoms with E-state index in [-0.39, 0.29) is 5.91 Å².